The van der Waals surface area contributed by atoms with Crippen LogP contribution in [0.5, 0.6) is 0 Å². The number of hydrogen-bond acceptors (Lipinski definition) is 7. The highest BCUT2D eigenvalue weighted by Crippen LogP contribution is 2.51. The van der Waals surface area contributed by atoms with Crippen LogP contribution < -0.4 is 0 Å². The molecule has 6 unspecified atom stereocenters. The van der Waals surface area contributed by atoms with Crippen LogP contribution in [0.25, 0.3) is 0 Å². The third-order valence-corrected chi connectivity index (χ3v) is 3.97. The van der Waals surface area contributed by atoms with Crippen LogP contribution in [-0.4, -0.2) is 49.4 Å². The Balaban J connectivity index is 1.88. The lowest BCUT2D eigenvalue weighted by atomic mass is 9.78. The maximum Gasteiger partial charge on any atom is 0.333 e. The van der Waals surface area contributed by atoms with Gasteiger partial charge in [-0.1, -0.05) is 6.58 Å². The Morgan fingerprint density at radius 3 is 2.55 bits per heavy atom. The van der Waals surface area contributed by atoms with Crippen LogP contribution in [0.4, 0.5) is 0 Å². The van der Waals surface area contributed by atoms with E-state index in [1.807, 2.05) is 0 Å². The van der Waals surface area contributed by atoms with E-state index < -0.39 is 54.2 Å². The molecule has 0 saturated carbocycles. The van der Waals surface area contributed by atoms with Gasteiger partial charge in [0.1, 0.15) is 24.0 Å². The summed E-state index contributed by atoms with van der Waals surface area (Å²) in [5.41, 5.74) is 0.225. The number of esters is 3. The summed E-state index contributed by atoms with van der Waals surface area (Å²) in [6.45, 7) is 5.00. The number of carbonyl (C=O) groups is 3. The van der Waals surface area contributed by atoms with Gasteiger partial charge >= 0.3 is 17.9 Å². The van der Waals surface area contributed by atoms with Gasteiger partial charge in [-0.05, 0) is 6.92 Å². The Labute approximate surface area is 114 Å². The Morgan fingerprint density at radius 2 is 1.95 bits per heavy atom. The van der Waals surface area contributed by atoms with Crippen molar-refractivity contribution in [2.45, 2.75) is 31.3 Å². The second-order valence-corrected chi connectivity index (χ2v) is 5.19. The SMILES string of the molecule is C=C(C)C(=O)OC1C2OC(=O)C3C2OC1C3C(=O)OC. The summed E-state index contributed by atoms with van der Waals surface area (Å²) in [5, 5.41) is 0. The first-order valence-corrected chi connectivity index (χ1v) is 6.26. The first kappa shape index (κ1) is 13.1. The summed E-state index contributed by atoms with van der Waals surface area (Å²) in [6, 6.07) is 0. The van der Waals surface area contributed by atoms with Crippen LogP contribution in [0, 0.1) is 11.8 Å². The Morgan fingerprint density at radius 1 is 1.25 bits per heavy atom. The molecule has 0 aromatic rings. The fourth-order valence-electron chi connectivity index (χ4n) is 3.10. The molecule has 0 aliphatic carbocycles. The maximum absolute atomic E-state index is 11.8. The van der Waals surface area contributed by atoms with Crippen LogP contribution in [0.1, 0.15) is 6.92 Å². The zero-order valence-electron chi connectivity index (χ0n) is 11.0. The van der Waals surface area contributed by atoms with E-state index >= 15 is 0 Å². The lowest BCUT2D eigenvalue weighted by Gasteiger charge is -2.26. The topological polar surface area (TPSA) is 88.1 Å². The molecule has 0 amide bonds. The molecule has 0 radical (unpaired) electrons. The summed E-state index contributed by atoms with van der Waals surface area (Å²) in [7, 11) is 1.24. The van der Waals surface area contributed by atoms with E-state index in [-0.39, 0.29) is 5.57 Å². The third kappa shape index (κ3) is 1.59. The average molecular weight is 282 g/mol. The molecule has 7 nitrogen and oxygen atoms in total. The van der Waals surface area contributed by atoms with Gasteiger partial charge in [0.05, 0.1) is 7.11 Å². The fraction of sp³-hybridized carbons (Fsp3) is 0.615. The van der Waals surface area contributed by atoms with Gasteiger partial charge in [0.15, 0.2) is 12.2 Å². The summed E-state index contributed by atoms with van der Waals surface area (Å²) < 4.78 is 20.7. The van der Waals surface area contributed by atoms with Crippen LogP contribution in [0.3, 0.4) is 0 Å². The maximum atomic E-state index is 11.8. The number of rotatable bonds is 3. The van der Waals surface area contributed by atoms with E-state index in [4.69, 9.17) is 18.9 Å². The van der Waals surface area contributed by atoms with Gasteiger partial charge < -0.3 is 18.9 Å². The second-order valence-electron chi connectivity index (χ2n) is 5.19. The highest BCUT2D eigenvalue weighted by atomic mass is 16.7. The number of ether oxygens (including phenoxy) is 4. The van der Waals surface area contributed by atoms with E-state index in [2.05, 4.69) is 6.58 Å². The number of hydrogen-bond donors (Lipinski definition) is 0. The van der Waals surface area contributed by atoms with Gasteiger partial charge in [0.25, 0.3) is 0 Å². The van der Waals surface area contributed by atoms with Crippen molar-refractivity contribution in [3.8, 4) is 0 Å². The Bertz CT molecular complexity index is 511. The molecule has 3 rings (SSSR count). The van der Waals surface area contributed by atoms with Crippen molar-refractivity contribution in [3.05, 3.63) is 12.2 Å². The monoisotopic (exact) mass is 282 g/mol. The number of methoxy groups -OCH3 is 1. The second kappa shape index (κ2) is 4.31. The molecular weight excluding hydrogens is 268 g/mol. The molecule has 3 aliphatic rings. The number of fused-ring (bicyclic) bond motifs is 1. The molecule has 20 heavy (non-hydrogen) atoms. The largest absolute Gasteiger partial charge is 0.469 e. The van der Waals surface area contributed by atoms with Crippen molar-refractivity contribution in [2.75, 3.05) is 7.11 Å². The van der Waals surface area contributed by atoms with E-state index in [1.54, 1.807) is 0 Å². The molecule has 2 bridgehead atoms. The van der Waals surface area contributed by atoms with Crippen LogP contribution in [0.15, 0.2) is 12.2 Å². The van der Waals surface area contributed by atoms with Gasteiger partial charge in [-0.3, -0.25) is 9.59 Å². The van der Waals surface area contributed by atoms with Crippen molar-refractivity contribution < 1.29 is 33.3 Å². The minimum atomic E-state index is -0.795. The van der Waals surface area contributed by atoms with Crippen LogP contribution in [-0.2, 0) is 33.3 Å². The minimum Gasteiger partial charge on any atom is -0.469 e. The normalized spacial score (nSPS) is 40.4. The fourth-order valence-corrected chi connectivity index (χ4v) is 3.10. The van der Waals surface area contributed by atoms with Crippen molar-refractivity contribution in [1.82, 2.24) is 0 Å². The molecule has 0 aromatic carbocycles. The Hall–Kier alpha value is -1.89. The molecule has 3 fully saturated rings. The predicted octanol–water partition coefficient (Wildman–Crippen LogP) is -0.414. The molecule has 3 aliphatic heterocycles. The standard InChI is InChI=1S/C13H14O7/c1-4(2)11(14)19-9-7-5(12(15)17-3)6-8(18-7)10(9)20-13(6)16/h5-10H,1H2,2-3H3. The van der Waals surface area contributed by atoms with Gasteiger partial charge in [-0.25, -0.2) is 4.79 Å². The zero-order valence-corrected chi connectivity index (χ0v) is 11.0. The van der Waals surface area contributed by atoms with Gasteiger partial charge in [0.2, 0.25) is 0 Å². The molecule has 0 spiro atoms. The first-order valence-electron chi connectivity index (χ1n) is 6.26. The van der Waals surface area contributed by atoms with E-state index in [9.17, 15) is 14.4 Å². The van der Waals surface area contributed by atoms with Gasteiger partial charge in [-0.2, -0.15) is 0 Å². The van der Waals surface area contributed by atoms with Crippen molar-refractivity contribution in [3.63, 3.8) is 0 Å². The molecule has 6 atom stereocenters. The molecule has 0 aromatic heterocycles. The predicted molar refractivity (Wildman–Crippen MR) is 62.2 cm³/mol. The van der Waals surface area contributed by atoms with Crippen LogP contribution in [0.2, 0.25) is 0 Å². The first-order chi connectivity index (χ1) is 9.45. The lowest BCUT2D eigenvalue weighted by molar-refractivity contribution is -0.159. The van der Waals surface area contributed by atoms with Gasteiger partial charge in [-0.15, -0.1) is 0 Å². The smallest absolute Gasteiger partial charge is 0.333 e. The molecule has 0 N–H and O–H groups in total. The highest BCUT2D eigenvalue weighted by molar-refractivity contribution is 5.89. The van der Waals surface area contributed by atoms with Gasteiger partial charge in [0, 0.05) is 5.57 Å². The third-order valence-electron chi connectivity index (χ3n) is 3.97. The summed E-state index contributed by atoms with van der Waals surface area (Å²) >= 11 is 0. The minimum absolute atomic E-state index is 0.225. The summed E-state index contributed by atoms with van der Waals surface area (Å²) in [6.07, 6.45) is -2.71. The Kier molecular flexibility index (Phi) is 2.82. The molecule has 108 valence electrons. The summed E-state index contributed by atoms with van der Waals surface area (Å²) in [4.78, 5) is 35.3. The molecular formula is C13H14O7. The molecule has 7 heteroatoms. The van der Waals surface area contributed by atoms with Crippen LogP contribution >= 0.6 is 0 Å². The molecule has 3 saturated heterocycles. The van der Waals surface area contributed by atoms with Crippen molar-refractivity contribution in [1.29, 1.82) is 0 Å². The highest BCUT2D eigenvalue weighted by Gasteiger charge is 2.71. The van der Waals surface area contributed by atoms with E-state index in [0.717, 1.165) is 0 Å². The van der Waals surface area contributed by atoms with E-state index in [0.29, 0.717) is 0 Å². The number of carbonyl (C=O) groups excluding carboxylic acids is 3. The molecule has 3 heterocycles. The van der Waals surface area contributed by atoms with E-state index in [1.165, 1.54) is 14.0 Å². The zero-order chi connectivity index (χ0) is 14.6. The summed E-state index contributed by atoms with van der Waals surface area (Å²) in [5.74, 6) is -3.13. The quantitative estimate of drug-likeness (QED) is 0.395. The van der Waals surface area contributed by atoms with Crippen molar-refractivity contribution in [2.24, 2.45) is 11.8 Å². The van der Waals surface area contributed by atoms with Crippen molar-refractivity contribution >= 4 is 17.9 Å². The average Bonchev–Trinajstić information content (AvgIpc) is 3.00. The lowest BCUT2D eigenvalue weighted by Crippen LogP contribution is -2.47.